The Balaban J connectivity index is 2.63. The lowest BCUT2D eigenvalue weighted by Crippen LogP contribution is -2.15. The molecule has 0 aliphatic carbocycles. The highest BCUT2D eigenvalue weighted by molar-refractivity contribution is 5.80. The monoisotopic (exact) mass is 193 g/mol. The van der Waals surface area contributed by atoms with Gasteiger partial charge in [0.2, 0.25) is 0 Å². The Morgan fingerprint density at radius 1 is 1.29 bits per heavy atom. The van der Waals surface area contributed by atoms with Crippen molar-refractivity contribution in [2.45, 2.75) is 19.4 Å². The zero-order valence-electron chi connectivity index (χ0n) is 8.13. The normalized spacial score (nSPS) is 12.3. The Morgan fingerprint density at radius 2 is 2.00 bits per heavy atom. The van der Waals surface area contributed by atoms with Crippen LogP contribution in [0.25, 0.3) is 10.9 Å². The van der Waals surface area contributed by atoms with Crippen molar-refractivity contribution in [1.29, 1.82) is 0 Å². The van der Waals surface area contributed by atoms with Crippen molar-refractivity contribution in [2.24, 2.45) is 0 Å². The number of H-pyrrole nitrogens is 1. The zero-order chi connectivity index (χ0) is 10.3. The minimum atomic E-state index is -0.921. The number of rotatable bonds is 1. The molecule has 0 fully saturated rings. The molecule has 2 nitrogen and oxygen atoms in total. The molecule has 0 amide bonds. The summed E-state index contributed by atoms with van der Waals surface area (Å²) >= 11 is 0. The second-order valence-corrected chi connectivity index (χ2v) is 3.97. The Labute approximate surface area is 81.4 Å². The van der Waals surface area contributed by atoms with Crippen LogP contribution in [0.3, 0.4) is 0 Å². The van der Waals surface area contributed by atoms with Gasteiger partial charge >= 0.3 is 0 Å². The predicted octanol–water partition coefficient (Wildman–Crippen LogP) is 2.53. The standard InChI is InChI=1S/C11H12FNO/c1-11(2,14)10-5-7-3-4-8(12)6-9(7)13-10/h3-6,13-14H,1-2H3. The van der Waals surface area contributed by atoms with Crippen molar-refractivity contribution in [1.82, 2.24) is 4.98 Å². The van der Waals surface area contributed by atoms with Crippen LogP contribution in [0.15, 0.2) is 24.3 Å². The fraction of sp³-hybridized carbons (Fsp3) is 0.273. The summed E-state index contributed by atoms with van der Waals surface area (Å²) in [5.41, 5.74) is 0.482. The molecule has 1 aromatic carbocycles. The third-order valence-corrected chi connectivity index (χ3v) is 2.24. The molecule has 2 aromatic rings. The maximum Gasteiger partial charge on any atom is 0.125 e. The van der Waals surface area contributed by atoms with Crippen LogP contribution in [0.5, 0.6) is 0 Å². The highest BCUT2D eigenvalue weighted by Crippen LogP contribution is 2.24. The lowest BCUT2D eigenvalue weighted by molar-refractivity contribution is 0.0747. The Kier molecular flexibility index (Phi) is 1.86. The molecule has 0 aliphatic rings. The summed E-state index contributed by atoms with van der Waals surface area (Å²) < 4.78 is 12.9. The number of aromatic nitrogens is 1. The molecule has 1 aromatic heterocycles. The van der Waals surface area contributed by atoms with Gasteiger partial charge in [0, 0.05) is 11.2 Å². The van der Waals surface area contributed by atoms with Gasteiger partial charge in [-0.15, -0.1) is 0 Å². The fourth-order valence-electron chi connectivity index (χ4n) is 1.43. The highest BCUT2D eigenvalue weighted by Gasteiger charge is 2.18. The van der Waals surface area contributed by atoms with Gasteiger partial charge in [0.15, 0.2) is 0 Å². The van der Waals surface area contributed by atoms with Crippen molar-refractivity contribution in [3.63, 3.8) is 0 Å². The van der Waals surface area contributed by atoms with Crippen molar-refractivity contribution in [3.8, 4) is 0 Å². The van der Waals surface area contributed by atoms with Gasteiger partial charge in [-0.05, 0) is 43.5 Å². The fourth-order valence-corrected chi connectivity index (χ4v) is 1.43. The van der Waals surface area contributed by atoms with Gasteiger partial charge in [0.25, 0.3) is 0 Å². The molecule has 0 aliphatic heterocycles. The third kappa shape index (κ3) is 1.51. The quantitative estimate of drug-likeness (QED) is 0.717. The SMILES string of the molecule is CC(C)(O)c1cc2ccc(F)cc2[nH]1. The molecule has 0 saturated carbocycles. The minimum Gasteiger partial charge on any atom is -0.384 e. The maximum atomic E-state index is 12.9. The summed E-state index contributed by atoms with van der Waals surface area (Å²) in [6.45, 7) is 3.38. The Morgan fingerprint density at radius 3 is 2.64 bits per heavy atom. The highest BCUT2D eigenvalue weighted by atomic mass is 19.1. The first kappa shape index (κ1) is 9.21. The molecule has 14 heavy (non-hydrogen) atoms. The molecule has 2 N–H and O–H groups in total. The molecule has 0 radical (unpaired) electrons. The molecule has 0 bridgehead atoms. The Bertz CT molecular complexity index is 468. The Hall–Kier alpha value is -1.35. The van der Waals surface area contributed by atoms with Crippen molar-refractivity contribution in [2.75, 3.05) is 0 Å². The van der Waals surface area contributed by atoms with E-state index < -0.39 is 5.60 Å². The van der Waals surface area contributed by atoms with Crippen LogP contribution in [0.4, 0.5) is 4.39 Å². The summed E-state index contributed by atoms with van der Waals surface area (Å²) in [5, 5.41) is 10.6. The number of halogens is 1. The van der Waals surface area contributed by atoms with Crippen LogP contribution in [-0.2, 0) is 5.60 Å². The predicted molar refractivity (Wildman–Crippen MR) is 53.5 cm³/mol. The van der Waals surface area contributed by atoms with Crippen LogP contribution in [-0.4, -0.2) is 10.1 Å². The van der Waals surface area contributed by atoms with E-state index in [4.69, 9.17) is 0 Å². The van der Waals surface area contributed by atoms with Gasteiger partial charge < -0.3 is 10.1 Å². The van der Waals surface area contributed by atoms with Crippen molar-refractivity contribution < 1.29 is 9.50 Å². The number of hydrogen-bond acceptors (Lipinski definition) is 1. The summed E-state index contributed by atoms with van der Waals surface area (Å²) in [5.74, 6) is -0.276. The van der Waals surface area contributed by atoms with Crippen LogP contribution in [0.1, 0.15) is 19.5 Å². The molecule has 0 saturated heterocycles. The number of aromatic amines is 1. The van der Waals surface area contributed by atoms with E-state index in [0.29, 0.717) is 11.2 Å². The topological polar surface area (TPSA) is 36.0 Å². The van der Waals surface area contributed by atoms with E-state index >= 15 is 0 Å². The second kappa shape index (κ2) is 2.82. The first-order valence-electron chi connectivity index (χ1n) is 4.48. The van der Waals surface area contributed by atoms with Crippen LogP contribution in [0, 0.1) is 5.82 Å². The molecular weight excluding hydrogens is 181 g/mol. The molecule has 2 rings (SSSR count). The van der Waals surface area contributed by atoms with E-state index in [1.54, 1.807) is 19.9 Å². The summed E-state index contributed by atoms with van der Waals surface area (Å²) in [6, 6.07) is 6.35. The number of benzene rings is 1. The van der Waals surface area contributed by atoms with Crippen LogP contribution in [0.2, 0.25) is 0 Å². The van der Waals surface area contributed by atoms with Gasteiger partial charge in [-0.1, -0.05) is 0 Å². The second-order valence-electron chi connectivity index (χ2n) is 3.97. The molecule has 0 atom stereocenters. The van der Waals surface area contributed by atoms with E-state index in [0.717, 1.165) is 5.39 Å². The van der Waals surface area contributed by atoms with Gasteiger partial charge in [0.05, 0.1) is 5.60 Å². The van der Waals surface area contributed by atoms with Gasteiger partial charge in [0.1, 0.15) is 5.82 Å². The molecular formula is C11H12FNO. The molecule has 3 heteroatoms. The number of nitrogens with one attached hydrogen (secondary N) is 1. The summed E-state index contributed by atoms with van der Waals surface area (Å²) in [6.07, 6.45) is 0. The van der Waals surface area contributed by atoms with Gasteiger partial charge in [-0.2, -0.15) is 0 Å². The van der Waals surface area contributed by atoms with E-state index in [9.17, 15) is 9.50 Å². The summed E-state index contributed by atoms with van der Waals surface area (Å²) in [4.78, 5) is 2.99. The maximum absolute atomic E-state index is 12.9. The van der Waals surface area contributed by atoms with E-state index in [-0.39, 0.29) is 5.82 Å². The van der Waals surface area contributed by atoms with Crippen LogP contribution < -0.4 is 0 Å². The first-order valence-corrected chi connectivity index (χ1v) is 4.48. The largest absolute Gasteiger partial charge is 0.384 e. The first-order chi connectivity index (χ1) is 6.47. The van der Waals surface area contributed by atoms with Gasteiger partial charge in [-0.25, -0.2) is 4.39 Å². The molecule has 0 spiro atoms. The average Bonchev–Trinajstić information content (AvgIpc) is 2.45. The van der Waals surface area contributed by atoms with Crippen molar-refractivity contribution in [3.05, 3.63) is 35.8 Å². The smallest absolute Gasteiger partial charge is 0.125 e. The van der Waals surface area contributed by atoms with Crippen molar-refractivity contribution >= 4 is 10.9 Å². The number of aliphatic hydroxyl groups is 1. The van der Waals surface area contributed by atoms with E-state index in [1.807, 2.05) is 6.07 Å². The molecule has 1 heterocycles. The van der Waals surface area contributed by atoms with E-state index in [1.165, 1.54) is 12.1 Å². The number of fused-ring (bicyclic) bond motifs is 1. The van der Waals surface area contributed by atoms with Gasteiger partial charge in [-0.3, -0.25) is 0 Å². The summed E-state index contributed by atoms with van der Waals surface area (Å²) in [7, 11) is 0. The zero-order valence-corrected chi connectivity index (χ0v) is 8.13. The van der Waals surface area contributed by atoms with Crippen LogP contribution >= 0.6 is 0 Å². The molecule has 0 unspecified atom stereocenters. The third-order valence-electron chi connectivity index (χ3n) is 2.24. The lowest BCUT2D eigenvalue weighted by Gasteiger charge is -2.14. The minimum absolute atomic E-state index is 0.276. The average molecular weight is 193 g/mol. The lowest BCUT2D eigenvalue weighted by atomic mass is 10.1. The molecule has 74 valence electrons. The van der Waals surface area contributed by atoms with E-state index in [2.05, 4.69) is 4.98 Å². The number of hydrogen-bond donors (Lipinski definition) is 2.